The average molecular weight is 343 g/mol. The number of nitrogens with zero attached hydrogens (tertiary/aromatic N) is 2. The number of furan rings is 1. The predicted molar refractivity (Wildman–Crippen MR) is 92.3 cm³/mol. The lowest BCUT2D eigenvalue weighted by atomic mass is 10.2. The monoisotopic (exact) mass is 343 g/mol. The van der Waals surface area contributed by atoms with Gasteiger partial charge in [0.2, 0.25) is 0 Å². The van der Waals surface area contributed by atoms with Gasteiger partial charge in [-0.3, -0.25) is 4.79 Å². The molecule has 7 heteroatoms. The maximum absolute atomic E-state index is 12.2. The number of phenols is 1. The van der Waals surface area contributed by atoms with E-state index >= 15 is 0 Å². The lowest BCUT2D eigenvalue weighted by Gasteiger charge is -2.06. The minimum atomic E-state index is -0.399. The van der Waals surface area contributed by atoms with E-state index in [0.717, 1.165) is 10.7 Å². The molecular formula is C17H17N3O3S. The Bertz CT molecular complexity index is 870. The summed E-state index contributed by atoms with van der Waals surface area (Å²) in [4.78, 5) is 16.5. The van der Waals surface area contributed by atoms with Crippen molar-refractivity contribution in [3.63, 3.8) is 0 Å². The molecule has 0 spiro atoms. The standard InChI is InChI=1S/C17H17N3O3S/c1-11-3-5-14(21)13(9-11)19-16(22)15-6-4-12(23-15)10-24-17-18-7-8-20(17)2/h3-9,21H,10H2,1-2H3,(H,19,22). The zero-order valence-electron chi connectivity index (χ0n) is 13.3. The largest absolute Gasteiger partial charge is 0.506 e. The molecule has 6 nitrogen and oxygen atoms in total. The van der Waals surface area contributed by atoms with E-state index in [9.17, 15) is 9.90 Å². The number of benzene rings is 1. The molecule has 2 aromatic heterocycles. The molecule has 0 atom stereocenters. The van der Waals surface area contributed by atoms with Gasteiger partial charge in [0.1, 0.15) is 11.5 Å². The Balaban J connectivity index is 1.65. The first-order chi connectivity index (χ1) is 11.5. The highest BCUT2D eigenvalue weighted by Gasteiger charge is 2.14. The fourth-order valence-electron chi connectivity index (χ4n) is 2.14. The SMILES string of the molecule is Cc1ccc(O)c(NC(=O)c2ccc(CSc3nccn3C)o2)c1. The minimum Gasteiger partial charge on any atom is -0.506 e. The maximum Gasteiger partial charge on any atom is 0.291 e. The summed E-state index contributed by atoms with van der Waals surface area (Å²) in [6.45, 7) is 1.88. The minimum absolute atomic E-state index is 0.0195. The van der Waals surface area contributed by atoms with E-state index in [2.05, 4.69) is 10.3 Å². The van der Waals surface area contributed by atoms with E-state index in [0.29, 0.717) is 17.2 Å². The molecule has 3 aromatic rings. The predicted octanol–water partition coefficient (Wildman–Crippen LogP) is 3.57. The van der Waals surface area contributed by atoms with E-state index in [1.807, 2.05) is 24.7 Å². The highest BCUT2D eigenvalue weighted by Crippen LogP contribution is 2.25. The number of phenolic OH excluding ortho intramolecular Hbond substituents is 1. The van der Waals surface area contributed by atoms with Crippen LogP contribution < -0.4 is 5.32 Å². The van der Waals surface area contributed by atoms with Crippen LogP contribution in [0.25, 0.3) is 0 Å². The number of rotatable bonds is 5. The zero-order valence-corrected chi connectivity index (χ0v) is 14.1. The Kier molecular flexibility index (Phi) is 4.61. The molecule has 3 rings (SSSR count). The van der Waals surface area contributed by atoms with Gasteiger partial charge in [0.25, 0.3) is 5.91 Å². The van der Waals surface area contributed by atoms with Crippen LogP contribution in [0.4, 0.5) is 5.69 Å². The van der Waals surface area contributed by atoms with Gasteiger partial charge in [-0.25, -0.2) is 4.98 Å². The van der Waals surface area contributed by atoms with Crippen molar-refractivity contribution in [3.8, 4) is 5.75 Å². The van der Waals surface area contributed by atoms with E-state index in [1.165, 1.54) is 11.8 Å². The number of imidazole rings is 1. The fraction of sp³-hybridized carbons (Fsp3) is 0.176. The van der Waals surface area contributed by atoms with Crippen molar-refractivity contribution < 1.29 is 14.3 Å². The van der Waals surface area contributed by atoms with Gasteiger partial charge in [0.15, 0.2) is 10.9 Å². The topological polar surface area (TPSA) is 80.3 Å². The lowest BCUT2D eigenvalue weighted by molar-refractivity contribution is 0.0995. The Morgan fingerprint density at radius 1 is 1.38 bits per heavy atom. The number of nitrogens with one attached hydrogen (secondary N) is 1. The van der Waals surface area contributed by atoms with Crippen LogP contribution in [0.1, 0.15) is 21.9 Å². The molecule has 2 N–H and O–H groups in total. The zero-order chi connectivity index (χ0) is 17.1. The molecule has 1 aromatic carbocycles. The Morgan fingerprint density at radius 2 is 2.21 bits per heavy atom. The fourth-order valence-corrected chi connectivity index (χ4v) is 2.96. The lowest BCUT2D eigenvalue weighted by Crippen LogP contribution is -2.11. The summed E-state index contributed by atoms with van der Waals surface area (Å²) in [6, 6.07) is 8.40. The van der Waals surface area contributed by atoms with Crippen molar-refractivity contribution in [2.45, 2.75) is 17.8 Å². The Labute approximate surface area is 143 Å². The number of hydrogen-bond donors (Lipinski definition) is 2. The van der Waals surface area contributed by atoms with E-state index in [-0.39, 0.29) is 11.5 Å². The van der Waals surface area contributed by atoms with Gasteiger partial charge in [-0.05, 0) is 36.8 Å². The first-order valence-electron chi connectivity index (χ1n) is 7.33. The third-order valence-electron chi connectivity index (χ3n) is 3.41. The summed E-state index contributed by atoms with van der Waals surface area (Å²) in [5, 5.41) is 13.3. The summed E-state index contributed by atoms with van der Waals surface area (Å²) < 4.78 is 7.49. The highest BCUT2D eigenvalue weighted by molar-refractivity contribution is 7.98. The van der Waals surface area contributed by atoms with Crippen molar-refractivity contribution >= 4 is 23.4 Å². The molecule has 1 amide bonds. The number of anilines is 1. The third kappa shape index (κ3) is 3.62. The van der Waals surface area contributed by atoms with E-state index < -0.39 is 5.91 Å². The van der Waals surface area contributed by atoms with Crippen LogP contribution in [0, 0.1) is 6.92 Å². The van der Waals surface area contributed by atoms with Crippen molar-refractivity contribution in [1.29, 1.82) is 0 Å². The second-order valence-corrected chi connectivity index (χ2v) is 6.29. The van der Waals surface area contributed by atoms with E-state index in [1.54, 1.807) is 36.5 Å². The molecule has 0 bridgehead atoms. The van der Waals surface area contributed by atoms with Crippen molar-refractivity contribution in [1.82, 2.24) is 9.55 Å². The molecule has 24 heavy (non-hydrogen) atoms. The number of aromatic nitrogens is 2. The van der Waals surface area contributed by atoms with Gasteiger partial charge in [0.05, 0.1) is 11.4 Å². The van der Waals surface area contributed by atoms with Gasteiger partial charge < -0.3 is 19.4 Å². The molecule has 2 heterocycles. The van der Waals surface area contributed by atoms with Gasteiger partial charge in [-0.2, -0.15) is 0 Å². The number of carbonyl (C=O) groups is 1. The quantitative estimate of drug-likeness (QED) is 0.547. The van der Waals surface area contributed by atoms with E-state index in [4.69, 9.17) is 4.42 Å². The van der Waals surface area contributed by atoms with Gasteiger partial charge >= 0.3 is 0 Å². The van der Waals surface area contributed by atoms with Crippen LogP contribution in [-0.4, -0.2) is 20.6 Å². The van der Waals surface area contributed by atoms with Crippen LogP contribution in [-0.2, 0) is 12.8 Å². The molecule has 124 valence electrons. The average Bonchev–Trinajstić information content (AvgIpc) is 3.18. The molecule has 0 aliphatic heterocycles. The van der Waals surface area contributed by atoms with Gasteiger partial charge in [0, 0.05) is 19.4 Å². The normalized spacial score (nSPS) is 10.8. The molecule has 0 saturated carbocycles. The second-order valence-electron chi connectivity index (χ2n) is 5.35. The smallest absolute Gasteiger partial charge is 0.291 e. The van der Waals surface area contributed by atoms with Gasteiger partial charge in [-0.15, -0.1) is 0 Å². The number of amides is 1. The number of thioether (sulfide) groups is 1. The van der Waals surface area contributed by atoms with Crippen LogP contribution >= 0.6 is 11.8 Å². The van der Waals surface area contributed by atoms with Crippen LogP contribution in [0.5, 0.6) is 5.75 Å². The molecule has 0 radical (unpaired) electrons. The Hall–Kier alpha value is -2.67. The molecule has 0 aliphatic carbocycles. The first kappa shape index (κ1) is 16.2. The van der Waals surface area contributed by atoms with Crippen molar-refractivity contribution in [3.05, 3.63) is 59.8 Å². The molecule has 0 fully saturated rings. The van der Waals surface area contributed by atoms with Crippen LogP contribution in [0.15, 0.2) is 52.3 Å². The number of carbonyl (C=O) groups excluding carboxylic acids is 1. The number of aromatic hydroxyl groups is 1. The first-order valence-corrected chi connectivity index (χ1v) is 8.31. The second kappa shape index (κ2) is 6.84. The molecule has 0 saturated heterocycles. The molecular weight excluding hydrogens is 326 g/mol. The number of aryl methyl sites for hydroxylation is 2. The summed E-state index contributed by atoms with van der Waals surface area (Å²) in [5.41, 5.74) is 1.30. The molecule has 0 aliphatic rings. The van der Waals surface area contributed by atoms with Crippen molar-refractivity contribution in [2.24, 2.45) is 7.05 Å². The summed E-state index contributed by atoms with van der Waals surface area (Å²) in [7, 11) is 1.92. The molecule has 0 unspecified atom stereocenters. The third-order valence-corrected chi connectivity index (χ3v) is 4.49. The maximum atomic E-state index is 12.2. The highest BCUT2D eigenvalue weighted by atomic mass is 32.2. The van der Waals surface area contributed by atoms with Gasteiger partial charge in [-0.1, -0.05) is 17.8 Å². The van der Waals surface area contributed by atoms with Crippen LogP contribution in [0.2, 0.25) is 0 Å². The summed E-state index contributed by atoms with van der Waals surface area (Å²) in [5.74, 6) is 1.08. The Morgan fingerprint density at radius 3 is 2.96 bits per heavy atom. The van der Waals surface area contributed by atoms with Crippen molar-refractivity contribution in [2.75, 3.05) is 5.32 Å². The van der Waals surface area contributed by atoms with Crippen LogP contribution in [0.3, 0.4) is 0 Å². The number of hydrogen-bond acceptors (Lipinski definition) is 5. The summed E-state index contributed by atoms with van der Waals surface area (Å²) >= 11 is 1.53. The summed E-state index contributed by atoms with van der Waals surface area (Å²) in [6.07, 6.45) is 3.61.